The number of carbonyl (C=O) groups is 3. The molecule has 176 valence electrons. The lowest BCUT2D eigenvalue weighted by Gasteiger charge is -2.53. The zero-order valence-electron chi connectivity index (χ0n) is 18.5. The Balaban J connectivity index is 2.07. The second-order valence-corrected chi connectivity index (χ2v) is 9.25. The summed E-state index contributed by atoms with van der Waals surface area (Å²) >= 11 is 0. The van der Waals surface area contributed by atoms with E-state index in [1.54, 1.807) is 26.0 Å². The molecule has 0 radical (unpaired) electrons. The van der Waals surface area contributed by atoms with E-state index in [4.69, 9.17) is 5.73 Å². The first kappa shape index (κ1) is 23.0. The number of fused-ring (bicyclic) bond motifs is 3. The van der Waals surface area contributed by atoms with Crippen LogP contribution in [0.3, 0.4) is 0 Å². The summed E-state index contributed by atoms with van der Waals surface area (Å²) in [7, 11) is 2.98. The highest BCUT2D eigenvalue weighted by Gasteiger charge is 2.67. The number of aromatic hydroxyl groups is 1. The van der Waals surface area contributed by atoms with Crippen LogP contribution in [0, 0.1) is 18.8 Å². The predicted molar refractivity (Wildman–Crippen MR) is 115 cm³/mol. The number of aliphatic hydroxyl groups excluding tert-OH is 3. The van der Waals surface area contributed by atoms with Gasteiger partial charge >= 0.3 is 0 Å². The van der Waals surface area contributed by atoms with E-state index < -0.39 is 75.6 Å². The van der Waals surface area contributed by atoms with E-state index in [9.17, 15) is 39.9 Å². The van der Waals surface area contributed by atoms with Crippen LogP contribution in [0.25, 0.3) is 0 Å². The van der Waals surface area contributed by atoms with Gasteiger partial charge in [0.05, 0.1) is 23.6 Å². The van der Waals surface area contributed by atoms with E-state index in [0.29, 0.717) is 11.1 Å². The fraction of sp³-hybridized carbons (Fsp3) is 0.435. The number of benzene rings is 1. The van der Waals surface area contributed by atoms with Crippen molar-refractivity contribution in [3.63, 3.8) is 0 Å². The summed E-state index contributed by atoms with van der Waals surface area (Å²) in [5.74, 6) is -8.81. The van der Waals surface area contributed by atoms with Crippen LogP contribution in [-0.4, -0.2) is 79.7 Å². The van der Waals surface area contributed by atoms with E-state index in [1.807, 2.05) is 0 Å². The lowest BCUT2D eigenvalue weighted by atomic mass is 9.55. The third kappa shape index (κ3) is 2.68. The molecule has 0 fully saturated rings. The molecule has 0 aliphatic heterocycles. The quantitative estimate of drug-likeness (QED) is 0.331. The fourth-order valence-electron chi connectivity index (χ4n) is 5.73. The van der Waals surface area contributed by atoms with Crippen molar-refractivity contribution in [3.05, 3.63) is 51.5 Å². The Morgan fingerprint density at radius 2 is 1.76 bits per heavy atom. The topological polar surface area (TPSA) is 182 Å². The van der Waals surface area contributed by atoms with Crippen LogP contribution >= 0.6 is 0 Å². The standard InChI is InChI=1S/C23H26N2O8/c1-7-5-6-9-8(2)10-12(17(27)11(9)16(7)26)20(30)23(33)14(18(10)28)15(25(3)4)19(29)13(21(23)31)22(24)32/h5-6,8,10,14-15,18,26,28-30,33H,1-4H3,(H2,24,32)/t8-,10?,14?,15?,18-,23-/m0/s1. The molecule has 0 spiro atoms. The number of amides is 1. The van der Waals surface area contributed by atoms with Gasteiger partial charge in [0.2, 0.25) is 5.78 Å². The molecule has 4 rings (SSSR count). The van der Waals surface area contributed by atoms with E-state index in [1.165, 1.54) is 19.0 Å². The molecule has 0 saturated heterocycles. The maximum atomic E-state index is 13.5. The van der Waals surface area contributed by atoms with Crippen LogP contribution < -0.4 is 5.73 Å². The predicted octanol–water partition coefficient (Wildman–Crippen LogP) is -0.0392. The largest absolute Gasteiger partial charge is 0.510 e. The number of nitrogens with two attached hydrogens (primary N) is 1. The van der Waals surface area contributed by atoms with Gasteiger partial charge < -0.3 is 31.3 Å². The van der Waals surface area contributed by atoms with Crippen molar-refractivity contribution in [3.8, 4) is 5.75 Å². The molecular weight excluding hydrogens is 432 g/mol. The lowest BCUT2D eigenvalue weighted by molar-refractivity contribution is -0.162. The molecule has 1 aromatic carbocycles. The Hall–Kier alpha value is -3.21. The number of hydrogen-bond acceptors (Lipinski definition) is 9. The Kier molecular flexibility index (Phi) is 4.97. The average molecular weight is 458 g/mol. The van der Waals surface area contributed by atoms with Gasteiger partial charge in [-0.3, -0.25) is 19.3 Å². The minimum absolute atomic E-state index is 0.0875. The minimum atomic E-state index is -2.90. The van der Waals surface area contributed by atoms with Crippen molar-refractivity contribution >= 4 is 17.5 Å². The van der Waals surface area contributed by atoms with Gasteiger partial charge in [-0.2, -0.15) is 0 Å². The number of primary amides is 1. The van der Waals surface area contributed by atoms with Gasteiger partial charge in [-0.05, 0) is 38.1 Å². The number of hydrogen-bond donors (Lipinski definition) is 6. The molecule has 10 heteroatoms. The molecule has 0 heterocycles. The van der Waals surface area contributed by atoms with Gasteiger partial charge in [-0.25, -0.2) is 0 Å². The summed E-state index contributed by atoms with van der Waals surface area (Å²) in [6.45, 7) is 3.28. The molecule has 33 heavy (non-hydrogen) atoms. The van der Waals surface area contributed by atoms with Crippen LogP contribution in [0.15, 0.2) is 34.8 Å². The highest BCUT2D eigenvalue weighted by Crippen LogP contribution is 2.55. The second kappa shape index (κ2) is 7.14. The van der Waals surface area contributed by atoms with Crippen molar-refractivity contribution < 1.29 is 39.9 Å². The van der Waals surface area contributed by atoms with E-state index in [2.05, 4.69) is 0 Å². The maximum Gasteiger partial charge on any atom is 0.255 e. The van der Waals surface area contributed by atoms with Gasteiger partial charge in [-0.1, -0.05) is 19.1 Å². The summed E-state index contributed by atoms with van der Waals surface area (Å²) in [4.78, 5) is 40.1. The van der Waals surface area contributed by atoms with Crippen molar-refractivity contribution in [1.29, 1.82) is 0 Å². The van der Waals surface area contributed by atoms with Gasteiger partial charge in [0.15, 0.2) is 11.4 Å². The molecule has 3 unspecified atom stereocenters. The third-order valence-electron chi connectivity index (χ3n) is 7.33. The monoisotopic (exact) mass is 458 g/mol. The first-order valence-electron chi connectivity index (χ1n) is 10.4. The summed E-state index contributed by atoms with van der Waals surface area (Å²) < 4.78 is 0. The Morgan fingerprint density at radius 3 is 2.30 bits per heavy atom. The second-order valence-electron chi connectivity index (χ2n) is 9.25. The first-order chi connectivity index (χ1) is 15.3. The zero-order chi connectivity index (χ0) is 24.7. The Morgan fingerprint density at radius 1 is 1.15 bits per heavy atom. The smallest absolute Gasteiger partial charge is 0.255 e. The molecule has 6 atom stereocenters. The number of carbonyl (C=O) groups excluding carboxylic acids is 3. The normalized spacial score (nSPS) is 33.7. The van der Waals surface area contributed by atoms with Gasteiger partial charge in [0.1, 0.15) is 22.8 Å². The number of aryl methyl sites for hydroxylation is 1. The first-order valence-corrected chi connectivity index (χ1v) is 10.4. The Labute approximate surface area is 189 Å². The third-order valence-corrected chi connectivity index (χ3v) is 7.33. The van der Waals surface area contributed by atoms with Crippen LogP contribution in [0.2, 0.25) is 0 Å². The lowest BCUT2D eigenvalue weighted by Crippen LogP contribution is -2.68. The van der Waals surface area contributed by atoms with Crippen LogP contribution in [0.4, 0.5) is 0 Å². The number of phenolic OH excluding ortho intramolecular Hbond substituents is 1. The van der Waals surface area contributed by atoms with Crippen molar-refractivity contribution in [2.24, 2.45) is 17.6 Å². The van der Waals surface area contributed by atoms with Crippen molar-refractivity contribution in [2.45, 2.75) is 37.5 Å². The summed E-state index contributed by atoms with van der Waals surface area (Å²) in [6.07, 6.45) is -1.59. The highest BCUT2D eigenvalue weighted by atomic mass is 16.4. The summed E-state index contributed by atoms with van der Waals surface area (Å²) in [5.41, 5.74) is 1.81. The van der Waals surface area contributed by atoms with E-state index >= 15 is 0 Å². The van der Waals surface area contributed by atoms with Gasteiger partial charge in [0, 0.05) is 11.5 Å². The molecule has 1 amide bonds. The molecule has 10 nitrogen and oxygen atoms in total. The SMILES string of the molecule is Cc1ccc2c(c1O)C(=O)C1=C(O)[C@]3(O)C(=O)C(C(N)=O)=C(O)C(N(C)C)C3[C@@H](O)C1[C@H]2C. The molecule has 0 saturated carbocycles. The van der Waals surface area contributed by atoms with E-state index in [-0.39, 0.29) is 11.3 Å². The van der Waals surface area contributed by atoms with Crippen molar-refractivity contribution in [1.82, 2.24) is 4.90 Å². The zero-order valence-corrected chi connectivity index (χ0v) is 18.5. The van der Waals surface area contributed by atoms with Crippen LogP contribution in [0.1, 0.15) is 34.3 Å². The van der Waals surface area contributed by atoms with E-state index in [0.717, 1.165) is 0 Å². The molecule has 3 aliphatic carbocycles. The minimum Gasteiger partial charge on any atom is -0.510 e. The highest BCUT2D eigenvalue weighted by molar-refractivity contribution is 6.25. The van der Waals surface area contributed by atoms with Crippen molar-refractivity contribution in [2.75, 3.05) is 14.1 Å². The number of nitrogens with zero attached hydrogens (tertiary/aromatic N) is 1. The fourth-order valence-corrected chi connectivity index (χ4v) is 5.73. The van der Waals surface area contributed by atoms with Gasteiger partial charge in [0.25, 0.3) is 5.91 Å². The Bertz CT molecular complexity index is 1180. The molecule has 0 aromatic heterocycles. The summed E-state index contributed by atoms with van der Waals surface area (Å²) in [5, 5.41) is 55.5. The molecule has 1 aromatic rings. The summed E-state index contributed by atoms with van der Waals surface area (Å²) in [6, 6.07) is 1.99. The average Bonchev–Trinajstić information content (AvgIpc) is 2.72. The number of aliphatic hydroxyl groups is 4. The number of rotatable bonds is 2. The number of Topliss-reactive ketones (excluding diaryl/α,β-unsaturated/α-hetero) is 2. The number of phenols is 1. The van der Waals surface area contributed by atoms with Gasteiger partial charge in [-0.15, -0.1) is 0 Å². The number of ketones is 2. The number of likely N-dealkylation sites (N-methyl/N-ethyl adjacent to an activating group) is 1. The van der Waals surface area contributed by atoms with Crippen LogP contribution in [-0.2, 0) is 9.59 Å². The molecule has 7 N–H and O–H groups in total. The van der Waals surface area contributed by atoms with Crippen LogP contribution in [0.5, 0.6) is 5.75 Å². The maximum absolute atomic E-state index is 13.5. The molecular formula is C23H26N2O8. The molecule has 0 bridgehead atoms. The molecule has 3 aliphatic rings.